The molecule has 6 nitrogen and oxygen atoms in total. The number of morpholine rings is 1. The molecule has 1 heterocycles. The quantitative estimate of drug-likeness (QED) is 0.126. The third kappa shape index (κ3) is 4.78. The molecular weight excluding hydrogens is 487 g/mol. The van der Waals surface area contributed by atoms with Crippen LogP contribution in [0.15, 0.2) is 47.6 Å². The fourth-order valence-electron chi connectivity index (χ4n) is 3.91. The standard InChI is InChI=1S/C25H19F5N2O4/c1-13(31-36-25(34)18-19(26)21(28)23(30)22(29)20(18)27)17(24(33)32-8-10-35-11-9-32)16-7-6-14-4-2-3-5-15(14)12-16/h2-7,12,17H,8-11H2,1H3/b31-13+. The smallest absolute Gasteiger partial charge is 0.371 e. The highest BCUT2D eigenvalue weighted by Crippen LogP contribution is 2.27. The van der Waals surface area contributed by atoms with Gasteiger partial charge in [-0.1, -0.05) is 41.6 Å². The molecule has 11 heteroatoms. The molecule has 1 saturated heterocycles. The van der Waals surface area contributed by atoms with Gasteiger partial charge in [0.2, 0.25) is 11.7 Å². The van der Waals surface area contributed by atoms with Gasteiger partial charge in [-0.05, 0) is 29.3 Å². The third-order valence-corrected chi connectivity index (χ3v) is 5.78. The van der Waals surface area contributed by atoms with Crippen LogP contribution < -0.4 is 0 Å². The lowest BCUT2D eigenvalue weighted by Gasteiger charge is -2.30. The molecule has 188 valence electrons. The fraction of sp³-hybridized carbons (Fsp3) is 0.240. The minimum Gasteiger partial charge on any atom is -0.378 e. The van der Waals surface area contributed by atoms with Crippen LogP contribution in [0, 0.1) is 29.1 Å². The van der Waals surface area contributed by atoms with Crippen LogP contribution in [0.3, 0.4) is 0 Å². The maximum atomic E-state index is 14.0. The summed E-state index contributed by atoms with van der Waals surface area (Å²) < 4.78 is 73.5. The predicted molar refractivity (Wildman–Crippen MR) is 119 cm³/mol. The number of amides is 1. The van der Waals surface area contributed by atoms with Gasteiger partial charge in [0.1, 0.15) is 11.5 Å². The van der Waals surface area contributed by atoms with Crippen LogP contribution in [-0.4, -0.2) is 48.8 Å². The van der Waals surface area contributed by atoms with Crippen molar-refractivity contribution < 1.29 is 41.1 Å². The SMILES string of the molecule is C/C(=N\OC(=O)c1c(F)c(F)c(F)c(F)c1F)C(C(=O)N1CCOCC1)c1ccc2ccccc2c1. The summed E-state index contributed by atoms with van der Waals surface area (Å²) in [5, 5.41) is 5.28. The number of carbonyl (C=O) groups excluding carboxylic acids is 2. The van der Waals surface area contributed by atoms with E-state index in [-0.39, 0.29) is 11.6 Å². The number of carbonyl (C=O) groups is 2. The van der Waals surface area contributed by atoms with E-state index in [1.807, 2.05) is 24.3 Å². The molecule has 3 aromatic rings. The van der Waals surface area contributed by atoms with Crippen molar-refractivity contribution in [1.82, 2.24) is 4.90 Å². The first-order chi connectivity index (χ1) is 17.2. The van der Waals surface area contributed by atoms with Gasteiger partial charge in [-0.25, -0.2) is 26.7 Å². The van der Waals surface area contributed by atoms with E-state index in [1.165, 1.54) is 11.8 Å². The Morgan fingerprint density at radius 1 is 0.889 bits per heavy atom. The number of hydrogen-bond acceptors (Lipinski definition) is 5. The molecule has 1 fully saturated rings. The van der Waals surface area contributed by atoms with Crippen LogP contribution >= 0.6 is 0 Å². The number of benzene rings is 3. The van der Waals surface area contributed by atoms with Crippen LogP contribution in [0.2, 0.25) is 0 Å². The van der Waals surface area contributed by atoms with Crippen LogP contribution in [0.25, 0.3) is 10.8 Å². The Balaban J connectivity index is 1.69. The van der Waals surface area contributed by atoms with E-state index < -0.39 is 46.5 Å². The highest BCUT2D eigenvalue weighted by atomic mass is 19.2. The van der Waals surface area contributed by atoms with Gasteiger partial charge >= 0.3 is 5.97 Å². The monoisotopic (exact) mass is 506 g/mol. The summed E-state index contributed by atoms with van der Waals surface area (Å²) in [7, 11) is 0. The molecule has 1 amide bonds. The minimum atomic E-state index is -2.41. The summed E-state index contributed by atoms with van der Waals surface area (Å²) in [4.78, 5) is 31.7. The number of ether oxygens (including phenoxy) is 1. The maximum absolute atomic E-state index is 14.0. The molecule has 36 heavy (non-hydrogen) atoms. The average Bonchev–Trinajstić information content (AvgIpc) is 2.90. The van der Waals surface area contributed by atoms with Gasteiger partial charge < -0.3 is 14.5 Å². The van der Waals surface area contributed by atoms with Crippen molar-refractivity contribution >= 4 is 28.4 Å². The number of hydrogen-bond donors (Lipinski definition) is 0. The summed E-state index contributed by atoms with van der Waals surface area (Å²) in [6.07, 6.45) is 0. The highest BCUT2D eigenvalue weighted by molar-refractivity contribution is 6.09. The molecular formula is C25H19F5N2O4. The number of rotatable bonds is 5. The molecule has 3 aromatic carbocycles. The summed E-state index contributed by atoms with van der Waals surface area (Å²) in [5.41, 5.74) is -1.36. The number of fused-ring (bicyclic) bond motifs is 1. The molecule has 0 aliphatic carbocycles. The van der Waals surface area contributed by atoms with Gasteiger partial charge in [0.25, 0.3) is 0 Å². The Hall–Kier alpha value is -3.86. The van der Waals surface area contributed by atoms with Crippen LogP contribution in [-0.2, 0) is 14.4 Å². The van der Waals surface area contributed by atoms with E-state index in [1.54, 1.807) is 18.2 Å². The molecule has 4 rings (SSSR count). The molecule has 0 saturated carbocycles. The van der Waals surface area contributed by atoms with E-state index in [0.717, 1.165) is 10.8 Å². The molecule has 1 aliphatic rings. The second-order valence-electron chi connectivity index (χ2n) is 8.03. The normalized spacial score (nSPS) is 15.2. The Kier molecular flexibility index (Phi) is 7.30. The van der Waals surface area contributed by atoms with E-state index in [9.17, 15) is 31.5 Å². The zero-order chi connectivity index (χ0) is 26.0. The lowest BCUT2D eigenvalue weighted by molar-refractivity contribution is -0.135. The average molecular weight is 506 g/mol. The Bertz CT molecular complexity index is 1340. The Morgan fingerprint density at radius 2 is 1.47 bits per heavy atom. The summed E-state index contributed by atoms with van der Waals surface area (Å²) in [6.45, 7) is 2.61. The van der Waals surface area contributed by atoms with Crippen LogP contribution in [0.5, 0.6) is 0 Å². The zero-order valence-corrected chi connectivity index (χ0v) is 18.9. The first-order valence-electron chi connectivity index (χ1n) is 10.8. The van der Waals surface area contributed by atoms with E-state index in [0.29, 0.717) is 31.9 Å². The predicted octanol–water partition coefficient (Wildman–Crippen LogP) is 4.71. The van der Waals surface area contributed by atoms with Crippen molar-refractivity contribution in [3.8, 4) is 0 Å². The zero-order valence-electron chi connectivity index (χ0n) is 18.9. The number of halogens is 5. The van der Waals surface area contributed by atoms with Crippen LogP contribution in [0.4, 0.5) is 22.0 Å². The maximum Gasteiger partial charge on any atom is 0.371 e. The van der Waals surface area contributed by atoms with Crippen molar-refractivity contribution in [2.24, 2.45) is 5.16 Å². The first kappa shape index (κ1) is 25.2. The van der Waals surface area contributed by atoms with Crippen molar-refractivity contribution in [2.45, 2.75) is 12.8 Å². The molecule has 0 N–H and O–H groups in total. The summed E-state index contributed by atoms with van der Waals surface area (Å²) >= 11 is 0. The van der Waals surface area contributed by atoms with Crippen molar-refractivity contribution in [1.29, 1.82) is 0 Å². The highest BCUT2D eigenvalue weighted by Gasteiger charge is 2.33. The molecule has 1 atom stereocenters. The summed E-state index contributed by atoms with van der Waals surface area (Å²) in [6, 6.07) is 12.6. The van der Waals surface area contributed by atoms with Crippen molar-refractivity contribution in [3.63, 3.8) is 0 Å². The van der Waals surface area contributed by atoms with Gasteiger partial charge in [0.15, 0.2) is 23.3 Å². The first-order valence-corrected chi connectivity index (χ1v) is 10.8. The van der Waals surface area contributed by atoms with E-state index >= 15 is 0 Å². The lowest BCUT2D eigenvalue weighted by Crippen LogP contribution is -2.44. The minimum absolute atomic E-state index is 0.0704. The third-order valence-electron chi connectivity index (χ3n) is 5.78. The second-order valence-corrected chi connectivity index (χ2v) is 8.03. The van der Waals surface area contributed by atoms with E-state index in [2.05, 4.69) is 9.99 Å². The van der Waals surface area contributed by atoms with E-state index in [4.69, 9.17) is 4.74 Å². The number of nitrogens with zero attached hydrogens (tertiary/aromatic N) is 2. The second kappa shape index (κ2) is 10.4. The molecule has 0 radical (unpaired) electrons. The topological polar surface area (TPSA) is 68.2 Å². The van der Waals surface area contributed by atoms with Gasteiger partial charge in [-0.3, -0.25) is 4.79 Å². The summed E-state index contributed by atoms with van der Waals surface area (Å²) in [5.74, 6) is -15.0. The molecule has 0 bridgehead atoms. The Labute approximate surface area is 201 Å². The molecule has 0 spiro atoms. The van der Waals surface area contributed by atoms with Crippen molar-refractivity contribution in [3.05, 3.63) is 82.7 Å². The van der Waals surface area contributed by atoms with Crippen LogP contribution in [0.1, 0.15) is 28.8 Å². The van der Waals surface area contributed by atoms with Gasteiger partial charge in [0, 0.05) is 13.1 Å². The largest absolute Gasteiger partial charge is 0.378 e. The lowest BCUT2D eigenvalue weighted by atomic mass is 9.91. The molecule has 1 unspecified atom stereocenters. The molecule has 1 aliphatic heterocycles. The van der Waals surface area contributed by atoms with Gasteiger partial charge in [0.05, 0.1) is 18.9 Å². The number of oxime groups is 1. The fourth-order valence-corrected chi connectivity index (χ4v) is 3.91. The van der Waals surface area contributed by atoms with Crippen molar-refractivity contribution in [2.75, 3.05) is 26.3 Å². The Morgan fingerprint density at radius 3 is 2.11 bits per heavy atom. The van der Waals surface area contributed by atoms with Gasteiger partial charge in [-0.2, -0.15) is 0 Å². The van der Waals surface area contributed by atoms with Gasteiger partial charge in [-0.15, -0.1) is 0 Å². The molecule has 0 aromatic heterocycles.